The van der Waals surface area contributed by atoms with Gasteiger partial charge in [0.25, 0.3) is 5.56 Å². The van der Waals surface area contributed by atoms with Gasteiger partial charge in [0.1, 0.15) is 0 Å². The fourth-order valence-electron chi connectivity index (χ4n) is 2.65. The highest BCUT2D eigenvalue weighted by Crippen LogP contribution is 2.30. The number of nitrogens with zero attached hydrogens (tertiary/aromatic N) is 3. The number of nitrogens with two attached hydrogens (primary N) is 1. The van der Waals surface area contributed by atoms with Gasteiger partial charge in [-0.25, -0.2) is 9.67 Å². The van der Waals surface area contributed by atoms with Crippen molar-refractivity contribution in [2.75, 3.05) is 5.73 Å². The largest absolute Gasteiger partial charge is 0.375 e. The van der Waals surface area contributed by atoms with E-state index in [9.17, 15) is 4.79 Å². The third-order valence-corrected chi connectivity index (χ3v) is 4.85. The normalized spacial score (nSPS) is 11.0. The first-order valence-corrected chi connectivity index (χ1v) is 7.95. The Morgan fingerprint density at radius 2 is 1.95 bits per heavy atom. The lowest BCUT2D eigenvalue weighted by atomic mass is 10.1. The first-order chi connectivity index (χ1) is 10.5. The number of para-hydroxylation sites is 1. The lowest BCUT2D eigenvalue weighted by Gasteiger charge is -2.07. The summed E-state index contributed by atoms with van der Waals surface area (Å²) in [5.74, 6) is 0. The predicted molar refractivity (Wildman–Crippen MR) is 90.6 cm³/mol. The van der Waals surface area contributed by atoms with Crippen molar-refractivity contribution in [1.82, 2.24) is 14.3 Å². The highest BCUT2D eigenvalue weighted by Gasteiger charge is 2.22. The van der Waals surface area contributed by atoms with Crippen molar-refractivity contribution in [3.8, 4) is 16.9 Å². The number of aromatic nitrogens is 3. The van der Waals surface area contributed by atoms with Crippen LogP contribution in [0.1, 0.15) is 17.5 Å². The first-order valence-electron chi connectivity index (χ1n) is 7.14. The summed E-state index contributed by atoms with van der Waals surface area (Å²) in [7, 11) is 1.88. The quantitative estimate of drug-likeness (QED) is 0.808. The van der Waals surface area contributed by atoms with Crippen LogP contribution >= 0.6 is 11.3 Å². The van der Waals surface area contributed by atoms with Gasteiger partial charge in [0.05, 0.1) is 16.9 Å². The van der Waals surface area contributed by atoms with E-state index in [4.69, 9.17) is 5.73 Å². The Bertz CT molecular complexity index is 874. The summed E-state index contributed by atoms with van der Waals surface area (Å²) in [6.07, 6.45) is 0.809. The maximum absolute atomic E-state index is 13.0. The van der Waals surface area contributed by atoms with E-state index in [0.717, 1.165) is 28.4 Å². The van der Waals surface area contributed by atoms with Crippen LogP contribution in [-0.4, -0.2) is 14.3 Å². The van der Waals surface area contributed by atoms with E-state index in [1.54, 1.807) is 4.68 Å². The molecule has 6 heteroatoms. The molecule has 2 heterocycles. The molecular weight excluding hydrogens is 296 g/mol. The number of benzene rings is 1. The zero-order chi connectivity index (χ0) is 15.9. The van der Waals surface area contributed by atoms with Crippen molar-refractivity contribution in [3.63, 3.8) is 0 Å². The first kappa shape index (κ1) is 14.6. The Morgan fingerprint density at radius 3 is 2.59 bits per heavy atom. The topological polar surface area (TPSA) is 65.8 Å². The summed E-state index contributed by atoms with van der Waals surface area (Å²) in [5.41, 5.74) is 8.85. The average Bonchev–Trinajstić information content (AvgIpc) is 2.98. The minimum atomic E-state index is -0.0637. The Labute approximate surface area is 132 Å². The van der Waals surface area contributed by atoms with Crippen molar-refractivity contribution in [2.24, 2.45) is 7.05 Å². The summed E-state index contributed by atoms with van der Waals surface area (Å²) in [6.45, 7) is 3.98. The molecule has 0 aliphatic heterocycles. The van der Waals surface area contributed by atoms with Crippen molar-refractivity contribution >= 4 is 16.5 Å². The van der Waals surface area contributed by atoms with E-state index in [2.05, 4.69) is 4.98 Å². The monoisotopic (exact) mass is 314 g/mol. The Morgan fingerprint density at radius 1 is 1.27 bits per heavy atom. The number of thiazole rings is 1. The fourth-order valence-corrected chi connectivity index (χ4v) is 3.42. The van der Waals surface area contributed by atoms with Crippen LogP contribution in [0.15, 0.2) is 35.1 Å². The lowest BCUT2D eigenvalue weighted by Crippen LogP contribution is -2.20. The number of anilines is 1. The van der Waals surface area contributed by atoms with Gasteiger partial charge in [-0.2, -0.15) is 0 Å². The van der Waals surface area contributed by atoms with Gasteiger partial charge in [0, 0.05) is 17.6 Å². The lowest BCUT2D eigenvalue weighted by molar-refractivity contribution is 0.630. The molecule has 3 aromatic rings. The predicted octanol–water partition coefficient (Wildman–Crippen LogP) is 2.75. The van der Waals surface area contributed by atoms with E-state index in [1.165, 1.54) is 11.3 Å². The molecule has 0 fully saturated rings. The summed E-state index contributed by atoms with van der Waals surface area (Å²) in [4.78, 5) is 18.4. The molecule has 2 aromatic heterocycles. The zero-order valence-electron chi connectivity index (χ0n) is 12.8. The van der Waals surface area contributed by atoms with Crippen LogP contribution in [0.25, 0.3) is 16.9 Å². The smallest absolute Gasteiger partial charge is 0.281 e. The zero-order valence-corrected chi connectivity index (χ0v) is 13.6. The van der Waals surface area contributed by atoms with E-state index >= 15 is 0 Å². The second-order valence-electron chi connectivity index (χ2n) is 5.11. The van der Waals surface area contributed by atoms with Crippen LogP contribution in [0, 0.1) is 6.92 Å². The molecule has 5 nitrogen and oxygen atoms in total. The molecule has 22 heavy (non-hydrogen) atoms. The molecule has 0 radical (unpaired) electrons. The molecule has 0 saturated heterocycles. The van der Waals surface area contributed by atoms with Crippen LogP contribution in [-0.2, 0) is 13.5 Å². The van der Waals surface area contributed by atoms with Crippen LogP contribution in [0.4, 0.5) is 5.13 Å². The molecule has 1 aromatic carbocycles. The minimum Gasteiger partial charge on any atom is -0.375 e. The maximum Gasteiger partial charge on any atom is 0.281 e. The van der Waals surface area contributed by atoms with Crippen molar-refractivity contribution in [1.29, 1.82) is 0 Å². The van der Waals surface area contributed by atoms with Gasteiger partial charge in [-0.05, 0) is 25.5 Å². The molecule has 0 aliphatic rings. The van der Waals surface area contributed by atoms with E-state index in [-0.39, 0.29) is 5.56 Å². The van der Waals surface area contributed by atoms with Crippen LogP contribution in [0.3, 0.4) is 0 Å². The Kier molecular flexibility index (Phi) is 3.62. The number of nitrogen functional groups attached to an aromatic ring is 1. The molecule has 0 bridgehead atoms. The molecule has 0 atom stereocenters. The van der Waals surface area contributed by atoms with Gasteiger partial charge < -0.3 is 5.73 Å². The molecule has 0 unspecified atom stereocenters. The number of hydrogen-bond donors (Lipinski definition) is 1. The molecular formula is C16H18N4OS. The molecule has 0 spiro atoms. The van der Waals surface area contributed by atoms with Gasteiger partial charge in [-0.3, -0.25) is 9.48 Å². The third-order valence-electron chi connectivity index (χ3n) is 3.83. The van der Waals surface area contributed by atoms with Crippen LogP contribution in [0.2, 0.25) is 0 Å². The molecule has 0 aliphatic carbocycles. The standard InChI is InChI=1S/C16H18N4OS/c1-4-12-14(18-16(17)22-12)13-10(2)19(3)20(15(13)21)11-8-6-5-7-9-11/h5-9H,4H2,1-3H3,(H2,17,18). The van der Waals surface area contributed by atoms with Gasteiger partial charge >= 0.3 is 0 Å². The number of aryl methyl sites for hydroxylation is 1. The summed E-state index contributed by atoms with van der Waals surface area (Å²) in [6, 6.07) is 9.60. The molecule has 114 valence electrons. The Hall–Kier alpha value is -2.34. The number of hydrogen-bond acceptors (Lipinski definition) is 4. The minimum absolute atomic E-state index is 0.0637. The highest BCUT2D eigenvalue weighted by molar-refractivity contribution is 7.15. The summed E-state index contributed by atoms with van der Waals surface area (Å²) < 4.78 is 3.53. The van der Waals surface area contributed by atoms with E-state index in [0.29, 0.717) is 10.7 Å². The molecule has 3 rings (SSSR count). The Balaban J connectivity index is 2.29. The maximum atomic E-state index is 13.0. The molecule has 2 N–H and O–H groups in total. The highest BCUT2D eigenvalue weighted by atomic mass is 32.1. The van der Waals surface area contributed by atoms with Gasteiger partial charge in [0.2, 0.25) is 0 Å². The number of rotatable bonds is 3. The third kappa shape index (κ3) is 2.16. The summed E-state index contributed by atoms with van der Waals surface area (Å²) in [5, 5.41) is 0.501. The van der Waals surface area contributed by atoms with E-state index in [1.807, 2.05) is 55.9 Å². The van der Waals surface area contributed by atoms with Crippen LogP contribution in [0.5, 0.6) is 0 Å². The summed E-state index contributed by atoms with van der Waals surface area (Å²) >= 11 is 1.45. The van der Waals surface area contributed by atoms with Crippen molar-refractivity contribution in [2.45, 2.75) is 20.3 Å². The molecule has 0 saturated carbocycles. The fraction of sp³-hybridized carbons (Fsp3) is 0.250. The van der Waals surface area contributed by atoms with Crippen LogP contribution < -0.4 is 11.3 Å². The SMILES string of the molecule is CCc1sc(N)nc1-c1c(C)n(C)n(-c2ccccc2)c1=O. The molecule has 0 amide bonds. The van der Waals surface area contributed by atoms with Gasteiger partial charge in [-0.15, -0.1) is 11.3 Å². The average molecular weight is 314 g/mol. The van der Waals surface area contributed by atoms with Gasteiger partial charge in [-0.1, -0.05) is 25.1 Å². The van der Waals surface area contributed by atoms with Gasteiger partial charge in [0.15, 0.2) is 5.13 Å². The second-order valence-corrected chi connectivity index (χ2v) is 6.23. The van der Waals surface area contributed by atoms with E-state index < -0.39 is 0 Å². The van der Waals surface area contributed by atoms with Crippen molar-refractivity contribution in [3.05, 3.63) is 51.3 Å². The second kappa shape index (κ2) is 5.46. The van der Waals surface area contributed by atoms with Crippen molar-refractivity contribution < 1.29 is 0 Å².